The highest BCUT2D eigenvalue weighted by atomic mass is 19.1. The molecule has 1 aromatic carbocycles. The van der Waals surface area contributed by atoms with E-state index in [2.05, 4.69) is 15.3 Å². The van der Waals surface area contributed by atoms with Gasteiger partial charge in [0, 0.05) is 36.4 Å². The van der Waals surface area contributed by atoms with E-state index >= 15 is 4.39 Å². The van der Waals surface area contributed by atoms with Gasteiger partial charge in [0.15, 0.2) is 0 Å². The predicted molar refractivity (Wildman–Crippen MR) is 125 cm³/mol. The van der Waals surface area contributed by atoms with Gasteiger partial charge in [-0.05, 0) is 36.5 Å². The Balaban J connectivity index is 1.25. The number of aromatic amines is 1. The molecular formula is C26H26FN5O2. The van der Waals surface area contributed by atoms with Gasteiger partial charge in [-0.15, -0.1) is 0 Å². The molecule has 1 aliphatic heterocycles. The van der Waals surface area contributed by atoms with Gasteiger partial charge in [0.1, 0.15) is 6.17 Å². The molecule has 1 N–H and O–H groups in total. The monoisotopic (exact) mass is 459 g/mol. The molecule has 174 valence electrons. The third-order valence-electron chi connectivity index (χ3n) is 7.12. The first-order chi connectivity index (χ1) is 16.5. The Morgan fingerprint density at radius 1 is 1.21 bits per heavy atom. The highest BCUT2D eigenvalue weighted by Gasteiger charge is 2.35. The lowest BCUT2D eigenvalue weighted by molar-refractivity contribution is -0.128. The van der Waals surface area contributed by atoms with Gasteiger partial charge in [-0.1, -0.05) is 31.2 Å². The number of rotatable bonds is 5. The fourth-order valence-corrected chi connectivity index (χ4v) is 5.06. The molecule has 2 atom stereocenters. The van der Waals surface area contributed by atoms with Gasteiger partial charge in [-0.3, -0.25) is 14.3 Å². The summed E-state index contributed by atoms with van der Waals surface area (Å²) in [5.74, 6) is -0.00194. The number of allylic oxidation sites excluding steroid dienone is 3. The molecule has 34 heavy (non-hydrogen) atoms. The first-order valence-corrected chi connectivity index (χ1v) is 11.8. The van der Waals surface area contributed by atoms with Crippen LogP contribution in [0.2, 0.25) is 0 Å². The smallest absolute Gasteiger partial charge is 0.272 e. The number of carbonyl (C=O) groups is 1. The second-order valence-corrected chi connectivity index (χ2v) is 9.73. The van der Waals surface area contributed by atoms with Crippen molar-refractivity contribution in [3.05, 3.63) is 81.1 Å². The van der Waals surface area contributed by atoms with E-state index in [1.54, 1.807) is 24.0 Å². The van der Waals surface area contributed by atoms with Crippen LogP contribution in [0.3, 0.4) is 0 Å². The van der Waals surface area contributed by atoms with Crippen LogP contribution in [0.4, 0.5) is 4.39 Å². The Kier molecular flexibility index (Phi) is 4.97. The van der Waals surface area contributed by atoms with Gasteiger partial charge in [-0.25, -0.2) is 9.49 Å². The zero-order valence-corrected chi connectivity index (χ0v) is 19.0. The van der Waals surface area contributed by atoms with E-state index in [1.165, 1.54) is 12.8 Å². The molecule has 2 aliphatic carbocycles. The second-order valence-electron chi connectivity index (χ2n) is 9.73. The van der Waals surface area contributed by atoms with Crippen LogP contribution in [0.1, 0.15) is 36.7 Å². The Morgan fingerprint density at radius 3 is 2.79 bits per heavy atom. The molecule has 7 nitrogen and oxygen atoms in total. The maximum absolute atomic E-state index is 15.2. The first-order valence-electron chi connectivity index (χ1n) is 11.8. The molecule has 1 saturated carbocycles. The number of H-pyrrole nitrogens is 1. The van der Waals surface area contributed by atoms with E-state index in [0.29, 0.717) is 36.5 Å². The van der Waals surface area contributed by atoms with Gasteiger partial charge in [0.2, 0.25) is 0 Å². The van der Waals surface area contributed by atoms with Crippen molar-refractivity contribution in [2.24, 2.45) is 11.8 Å². The SMILES string of the molecule is CC1C=C(Cc2n[nH]c(=O)c3ccccc23)C=C(C(=O)N2Cc3cnn(CC4CC4)c3C2)C1F. The number of benzene rings is 1. The van der Waals surface area contributed by atoms with Crippen molar-refractivity contribution in [2.45, 2.75) is 52.0 Å². The number of aromatic nitrogens is 4. The number of halogens is 1. The maximum atomic E-state index is 15.2. The minimum Gasteiger partial charge on any atom is -0.328 e. The van der Waals surface area contributed by atoms with Gasteiger partial charge >= 0.3 is 0 Å². The first kappa shape index (κ1) is 21.0. The molecule has 3 heterocycles. The normalized spacial score (nSPS) is 22.0. The molecule has 8 heteroatoms. The molecule has 0 radical (unpaired) electrons. The molecule has 3 aromatic rings. The third-order valence-corrected chi connectivity index (χ3v) is 7.12. The molecule has 1 fully saturated rings. The lowest BCUT2D eigenvalue weighted by Crippen LogP contribution is -2.34. The fourth-order valence-electron chi connectivity index (χ4n) is 5.06. The van der Waals surface area contributed by atoms with Crippen molar-refractivity contribution in [3.63, 3.8) is 0 Å². The topological polar surface area (TPSA) is 83.9 Å². The second kappa shape index (κ2) is 8.04. The van der Waals surface area contributed by atoms with Crippen molar-refractivity contribution in [3.8, 4) is 0 Å². The summed E-state index contributed by atoms with van der Waals surface area (Å²) in [5, 5.41) is 12.6. The highest BCUT2D eigenvalue weighted by Crippen LogP contribution is 2.34. The molecular weight excluding hydrogens is 433 g/mol. The standard InChI is InChI=1S/C26H26FN5O2/c1-15-8-17(10-22-19-4-2-3-5-20(19)25(33)30-29-22)9-21(24(15)27)26(34)31-13-18-11-28-32(23(18)14-31)12-16-6-7-16/h2-5,8-9,11,15-16,24H,6-7,10,12-14H2,1H3,(H,30,33). The lowest BCUT2D eigenvalue weighted by atomic mass is 9.87. The van der Waals surface area contributed by atoms with E-state index in [0.717, 1.165) is 28.8 Å². The number of hydrogen-bond acceptors (Lipinski definition) is 4. The molecule has 6 rings (SSSR count). The molecule has 0 bridgehead atoms. The van der Waals surface area contributed by atoms with Gasteiger partial charge in [-0.2, -0.15) is 10.2 Å². The van der Waals surface area contributed by atoms with Crippen molar-refractivity contribution in [1.82, 2.24) is 24.9 Å². The summed E-state index contributed by atoms with van der Waals surface area (Å²) in [5.41, 5.74) is 3.59. The lowest BCUT2D eigenvalue weighted by Gasteiger charge is -2.26. The van der Waals surface area contributed by atoms with Gasteiger partial charge in [0.05, 0.1) is 35.1 Å². The number of fused-ring (bicyclic) bond motifs is 2. The Hall–Kier alpha value is -3.55. The number of nitrogens with one attached hydrogen (secondary N) is 1. The summed E-state index contributed by atoms with van der Waals surface area (Å²) in [6, 6.07) is 7.29. The average Bonchev–Trinajstić information content (AvgIpc) is 3.43. The van der Waals surface area contributed by atoms with E-state index in [4.69, 9.17) is 0 Å². The number of nitrogens with zero attached hydrogens (tertiary/aromatic N) is 4. The minimum absolute atomic E-state index is 0.186. The summed E-state index contributed by atoms with van der Waals surface area (Å²) in [6.45, 7) is 3.61. The van der Waals surface area contributed by atoms with E-state index in [1.807, 2.05) is 35.2 Å². The summed E-state index contributed by atoms with van der Waals surface area (Å²) in [4.78, 5) is 27.3. The molecule has 2 aromatic heterocycles. The summed E-state index contributed by atoms with van der Waals surface area (Å²) >= 11 is 0. The van der Waals surface area contributed by atoms with E-state index in [9.17, 15) is 9.59 Å². The largest absolute Gasteiger partial charge is 0.328 e. The van der Waals surface area contributed by atoms with Crippen molar-refractivity contribution in [2.75, 3.05) is 0 Å². The Morgan fingerprint density at radius 2 is 2.00 bits per heavy atom. The minimum atomic E-state index is -1.36. The number of amides is 1. The number of alkyl halides is 1. The maximum Gasteiger partial charge on any atom is 0.272 e. The number of carbonyl (C=O) groups excluding carboxylic acids is 1. The predicted octanol–water partition coefficient (Wildman–Crippen LogP) is 3.46. The molecule has 1 amide bonds. The number of hydrogen-bond donors (Lipinski definition) is 1. The van der Waals surface area contributed by atoms with Crippen LogP contribution >= 0.6 is 0 Å². The van der Waals surface area contributed by atoms with Crippen LogP contribution in [0.25, 0.3) is 10.8 Å². The van der Waals surface area contributed by atoms with E-state index < -0.39 is 12.1 Å². The van der Waals surface area contributed by atoms with Crippen LogP contribution in [-0.2, 0) is 30.8 Å². The molecule has 0 spiro atoms. The molecule has 3 aliphatic rings. The average molecular weight is 460 g/mol. The summed E-state index contributed by atoms with van der Waals surface area (Å²) in [7, 11) is 0. The van der Waals surface area contributed by atoms with Crippen molar-refractivity contribution in [1.29, 1.82) is 0 Å². The Bertz CT molecular complexity index is 1410. The van der Waals surface area contributed by atoms with Gasteiger partial charge in [0.25, 0.3) is 11.5 Å². The summed E-state index contributed by atoms with van der Waals surface area (Å²) in [6.07, 6.45) is 6.89. The van der Waals surface area contributed by atoms with Crippen LogP contribution in [-0.4, -0.2) is 37.0 Å². The zero-order valence-electron chi connectivity index (χ0n) is 19.0. The summed E-state index contributed by atoms with van der Waals surface area (Å²) < 4.78 is 17.3. The third kappa shape index (κ3) is 3.67. The zero-order chi connectivity index (χ0) is 23.4. The van der Waals surface area contributed by atoms with Crippen molar-refractivity contribution < 1.29 is 9.18 Å². The van der Waals surface area contributed by atoms with Gasteiger partial charge < -0.3 is 4.90 Å². The fraction of sp³-hybridized carbons (Fsp3) is 0.385. The Labute approximate surface area is 196 Å². The van der Waals surface area contributed by atoms with Crippen LogP contribution in [0.15, 0.2) is 58.6 Å². The van der Waals surface area contributed by atoms with Crippen molar-refractivity contribution >= 4 is 16.7 Å². The van der Waals surface area contributed by atoms with Crippen LogP contribution < -0.4 is 5.56 Å². The van der Waals surface area contributed by atoms with Crippen LogP contribution in [0, 0.1) is 11.8 Å². The molecule has 2 unspecified atom stereocenters. The quantitative estimate of drug-likeness (QED) is 0.634. The van der Waals surface area contributed by atoms with E-state index in [-0.39, 0.29) is 17.0 Å². The molecule has 0 saturated heterocycles. The highest BCUT2D eigenvalue weighted by molar-refractivity contribution is 5.95. The van der Waals surface area contributed by atoms with Crippen LogP contribution in [0.5, 0.6) is 0 Å².